The fourth-order valence-corrected chi connectivity index (χ4v) is 6.89. The van der Waals surface area contributed by atoms with E-state index >= 15 is 0 Å². The molecule has 0 bridgehead atoms. The highest BCUT2D eigenvalue weighted by Crippen LogP contribution is 2.65. The number of hydrogen-bond donors (Lipinski definition) is 1. The normalized spacial score (nSPS) is 45.6. The molecule has 4 aliphatic carbocycles. The zero-order chi connectivity index (χ0) is 17.2. The van der Waals surface area contributed by atoms with Gasteiger partial charge in [-0.15, -0.1) is 0 Å². The Hall–Kier alpha value is -1.35. The number of carbonyl (C=O) groups is 1. The first-order valence-electron chi connectivity index (χ1n) is 10.0. The number of cyclic esters (lactones) is 1. The Morgan fingerprint density at radius 3 is 2.80 bits per heavy atom. The third-order valence-electron chi connectivity index (χ3n) is 8.19. The molecule has 1 heterocycles. The molecule has 3 nitrogen and oxygen atoms in total. The van der Waals surface area contributed by atoms with Crippen LogP contribution in [0.4, 0.5) is 0 Å². The summed E-state index contributed by atoms with van der Waals surface area (Å²) in [5.74, 6) is 1.04. The van der Waals surface area contributed by atoms with Crippen LogP contribution in [0.25, 0.3) is 0 Å². The lowest BCUT2D eigenvalue weighted by molar-refractivity contribution is -0.135. The molecule has 5 atom stereocenters. The van der Waals surface area contributed by atoms with E-state index in [0.29, 0.717) is 24.4 Å². The van der Waals surface area contributed by atoms with Crippen molar-refractivity contribution in [1.29, 1.82) is 0 Å². The van der Waals surface area contributed by atoms with Crippen molar-refractivity contribution in [3.63, 3.8) is 0 Å². The van der Waals surface area contributed by atoms with E-state index in [-0.39, 0.29) is 11.4 Å². The van der Waals surface area contributed by atoms with E-state index in [1.54, 1.807) is 17.2 Å². The van der Waals surface area contributed by atoms with Crippen molar-refractivity contribution in [2.45, 2.75) is 63.9 Å². The molecule has 25 heavy (non-hydrogen) atoms. The summed E-state index contributed by atoms with van der Waals surface area (Å²) in [4.78, 5) is 11.6. The van der Waals surface area contributed by atoms with Gasteiger partial charge in [0.1, 0.15) is 6.61 Å². The molecular weight excluding hydrogens is 312 g/mol. The minimum atomic E-state index is -0.614. The van der Waals surface area contributed by atoms with Gasteiger partial charge in [0, 0.05) is 17.4 Å². The molecule has 2 fully saturated rings. The van der Waals surface area contributed by atoms with Crippen molar-refractivity contribution in [3.8, 4) is 0 Å². The van der Waals surface area contributed by atoms with Gasteiger partial charge in [-0.05, 0) is 68.8 Å². The fourth-order valence-electron chi connectivity index (χ4n) is 6.89. The zero-order valence-electron chi connectivity index (χ0n) is 15.1. The third-order valence-corrected chi connectivity index (χ3v) is 8.19. The first-order chi connectivity index (χ1) is 12.0. The highest BCUT2D eigenvalue weighted by atomic mass is 16.5. The van der Waals surface area contributed by atoms with Crippen LogP contribution < -0.4 is 0 Å². The van der Waals surface area contributed by atoms with E-state index in [1.807, 2.05) is 0 Å². The fraction of sp³-hybridized carbons (Fsp3) is 0.682. The second kappa shape index (κ2) is 5.33. The summed E-state index contributed by atoms with van der Waals surface area (Å²) in [7, 11) is 0. The topological polar surface area (TPSA) is 46.5 Å². The van der Waals surface area contributed by atoms with Gasteiger partial charge in [-0.25, -0.2) is 4.79 Å². The smallest absolute Gasteiger partial charge is 0.331 e. The van der Waals surface area contributed by atoms with Gasteiger partial charge in [0.25, 0.3) is 0 Å². The van der Waals surface area contributed by atoms with Gasteiger partial charge in [0.05, 0.1) is 5.60 Å². The molecule has 0 aromatic rings. The van der Waals surface area contributed by atoms with Gasteiger partial charge in [-0.3, -0.25) is 0 Å². The Bertz CT molecular complexity index is 715. The predicted octanol–water partition coefficient (Wildman–Crippen LogP) is 4.08. The minimum absolute atomic E-state index is 0.126. The predicted molar refractivity (Wildman–Crippen MR) is 95.7 cm³/mol. The first-order valence-corrected chi connectivity index (χ1v) is 10.0. The Morgan fingerprint density at radius 1 is 1.12 bits per heavy atom. The molecule has 3 heteroatoms. The lowest BCUT2D eigenvalue weighted by atomic mass is 9.52. The van der Waals surface area contributed by atoms with E-state index in [9.17, 15) is 9.90 Å². The van der Waals surface area contributed by atoms with Gasteiger partial charge in [-0.1, -0.05) is 30.2 Å². The standard InChI is InChI=1S/C22H28O3/c1-21-10-8-17-16-5-3-2-4-14(16)6-7-19(17)22(21,24)11-9-18(21)15-12-20(23)25-13-15/h2,4,12,14,18-19,24H,3,5-11,13H2,1H3/t14-,18+,19+,21+,22-/m0/s1. The minimum Gasteiger partial charge on any atom is -0.458 e. The van der Waals surface area contributed by atoms with Gasteiger partial charge in [0.15, 0.2) is 0 Å². The van der Waals surface area contributed by atoms with Crippen molar-refractivity contribution in [1.82, 2.24) is 0 Å². The van der Waals surface area contributed by atoms with Crippen LogP contribution in [0.1, 0.15) is 58.3 Å². The molecule has 5 aliphatic rings. The van der Waals surface area contributed by atoms with Crippen molar-refractivity contribution in [2.24, 2.45) is 23.2 Å². The summed E-state index contributed by atoms with van der Waals surface area (Å²) in [5.41, 5.74) is 3.62. The van der Waals surface area contributed by atoms with Crippen LogP contribution in [0.5, 0.6) is 0 Å². The molecule has 0 aromatic carbocycles. The Balaban J connectivity index is 1.53. The molecule has 1 N–H and O–H groups in total. The molecule has 134 valence electrons. The summed E-state index contributed by atoms with van der Waals surface area (Å²) in [6.45, 7) is 2.71. The van der Waals surface area contributed by atoms with E-state index in [2.05, 4.69) is 19.1 Å². The van der Waals surface area contributed by atoms with Crippen LogP contribution in [0, 0.1) is 23.2 Å². The number of ether oxygens (including phenoxy) is 1. The average molecular weight is 340 g/mol. The third kappa shape index (κ3) is 2.05. The number of allylic oxidation sites excluding steroid dienone is 3. The van der Waals surface area contributed by atoms with Crippen LogP contribution in [0.2, 0.25) is 0 Å². The van der Waals surface area contributed by atoms with E-state index in [1.165, 1.54) is 12.8 Å². The highest BCUT2D eigenvalue weighted by Gasteiger charge is 2.63. The van der Waals surface area contributed by atoms with Crippen LogP contribution in [-0.4, -0.2) is 23.3 Å². The van der Waals surface area contributed by atoms with Gasteiger partial charge >= 0.3 is 5.97 Å². The largest absolute Gasteiger partial charge is 0.458 e. The van der Waals surface area contributed by atoms with E-state index in [0.717, 1.165) is 44.1 Å². The Kier molecular flexibility index (Phi) is 3.38. The summed E-state index contributed by atoms with van der Waals surface area (Å²) in [6.07, 6.45) is 15.1. The average Bonchev–Trinajstić information content (AvgIpc) is 3.15. The van der Waals surface area contributed by atoms with Crippen molar-refractivity contribution in [2.75, 3.05) is 6.61 Å². The number of carbonyl (C=O) groups excluding carboxylic acids is 1. The van der Waals surface area contributed by atoms with Crippen LogP contribution in [0.15, 0.2) is 34.9 Å². The lowest BCUT2D eigenvalue weighted by Gasteiger charge is -2.55. The number of rotatable bonds is 1. The lowest BCUT2D eigenvalue weighted by Crippen LogP contribution is -2.55. The Labute approximate surface area is 149 Å². The molecule has 0 amide bonds. The molecule has 5 rings (SSSR count). The summed E-state index contributed by atoms with van der Waals surface area (Å²) >= 11 is 0. The van der Waals surface area contributed by atoms with Crippen molar-refractivity contribution < 1.29 is 14.6 Å². The highest BCUT2D eigenvalue weighted by molar-refractivity contribution is 5.85. The maximum Gasteiger partial charge on any atom is 0.331 e. The van der Waals surface area contributed by atoms with Crippen molar-refractivity contribution >= 4 is 5.97 Å². The molecule has 0 spiro atoms. The quantitative estimate of drug-likeness (QED) is 0.578. The van der Waals surface area contributed by atoms with Crippen LogP contribution in [0.3, 0.4) is 0 Å². The van der Waals surface area contributed by atoms with Crippen LogP contribution >= 0.6 is 0 Å². The summed E-state index contributed by atoms with van der Waals surface area (Å²) in [6, 6.07) is 0. The maximum absolute atomic E-state index is 11.9. The molecule has 2 saturated carbocycles. The molecule has 1 aliphatic heterocycles. The Morgan fingerprint density at radius 2 is 2.00 bits per heavy atom. The summed E-state index contributed by atoms with van der Waals surface area (Å²) in [5, 5.41) is 11.9. The van der Waals surface area contributed by atoms with E-state index < -0.39 is 5.60 Å². The SMILES string of the molecule is C[C@]12CCC3=C4CCC=C[C@H]4CC[C@H]3[C@@]1(O)CC[C@@H]2C1=CC(=O)OC1. The second-order valence-corrected chi connectivity index (χ2v) is 9.01. The number of aliphatic hydroxyl groups is 1. The molecular formula is C22H28O3. The first kappa shape index (κ1) is 15.9. The molecule has 0 saturated heterocycles. The second-order valence-electron chi connectivity index (χ2n) is 9.01. The maximum atomic E-state index is 11.9. The van der Waals surface area contributed by atoms with Gasteiger partial charge in [0.2, 0.25) is 0 Å². The summed E-state index contributed by atoms with van der Waals surface area (Å²) < 4.78 is 5.18. The molecule has 0 radical (unpaired) electrons. The number of fused-ring (bicyclic) bond motifs is 4. The van der Waals surface area contributed by atoms with Gasteiger partial charge < -0.3 is 9.84 Å². The van der Waals surface area contributed by atoms with Crippen molar-refractivity contribution in [3.05, 3.63) is 34.9 Å². The number of hydrogen-bond acceptors (Lipinski definition) is 3. The zero-order valence-corrected chi connectivity index (χ0v) is 15.1. The van der Waals surface area contributed by atoms with Gasteiger partial charge in [-0.2, -0.15) is 0 Å². The monoisotopic (exact) mass is 340 g/mol. The molecule has 0 aromatic heterocycles. The number of esters is 1. The van der Waals surface area contributed by atoms with Crippen LogP contribution in [-0.2, 0) is 9.53 Å². The molecule has 0 unspecified atom stereocenters. The van der Waals surface area contributed by atoms with E-state index in [4.69, 9.17) is 4.74 Å².